The third kappa shape index (κ3) is 3.08. The molecule has 0 amide bonds. The number of Topliss-reactive ketones (excluding diaryl/α,β-unsaturated/α-hetero) is 4. The predicted octanol–water partition coefficient (Wildman–Crippen LogP) is 5.99. The first kappa shape index (κ1) is 25.2. The fourth-order valence-electron chi connectivity index (χ4n) is 6.78. The second-order valence-electron chi connectivity index (χ2n) is 10.3. The van der Waals surface area contributed by atoms with Crippen molar-refractivity contribution in [3.63, 3.8) is 0 Å². The van der Waals surface area contributed by atoms with Gasteiger partial charge in [0.05, 0.1) is 10.8 Å². The maximum atomic E-state index is 14.6. The molecular weight excluding hydrogens is 546 g/mol. The van der Waals surface area contributed by atoms with Gasteiger partial charge in [-0.25, -0.2) is 0 Å². The molecule has 4 aromatic carbocycles. The number of ketones is 4. The molecule has 4 aromatic rings. The summed E-state index contributed by atoms with van der Waals surface area (Å²) in [5, 5.41) is 12.2. The Labute approximate surface area is 237 Å². The van der Waals surface area contributed by atoms with E-state index in [0.29, 0.717) is 10.6 Å². The van der Waals surface area contributed by atoms with Crippen LogP contribution in [0.1, 0.15) is 64.6 Å². The van der Waals surface area contributed by atoms with Crippen LogP contribution in [-0.4, -0.2) is 33.7 Å². The third-order valence-corrected chi connectivity index (χ3v) is 8.68. The highest BCUT2D eigenvalue weighted by molar-refractivity contribution is 6.37. The number of hydrogen-bond acceptors (Lipinski definition) is 7. The molecule has 1 saturated heterocycles. The first-order valence-corrected chi connectivity index (χ1v) is 13.2. The van der Waals surface area contributed by atoms with Crippen LogP contribution in [0.2, 0.25) is 5.02 Å². The van der Waals surface area contributed by atoms with Gasteiger partial charge in [0, 0.05) is 39.4 Å². The summed E-state index contributed by atoms with van der Waals surface area (Å²) in [7, 11) is 0. The molecule has 9 heteroatoms. The van der Waals surface area contributed by atoms with Crippen molar-refractivity contribution in [2.24, 2.45) is 5.41 Å². The van der Waals surface area contributed by atoms with Crippen molar-refractivity contribution in [1.29, 1.82) is 0 Å². The Morgan fingerprint density at radius 3 is 1.68 bits per heavy atom. The van der Waals surface area contributed by atoms with E-state index >= 15 is 0 Å². The number of non-ortho nitro benzene ring substituents is 1. The van der Waals surface area contributed by atoms with Crippen LogP contribution in [0.25, 0.3) is 0 Å². The lowest BCUT2D eigenvalue weighted by atomic mass is 9.60. The Morgan fingerprint density at radius 2 is 1.17 bits per heavy atom. The average Bonchev–Trinajstić information content (AvgIpc) is 3.51. The van der Waals surface area contributed by atoms with E-state index in [9.17, 15) is 29.3 Å². The first-order valence-electron chi connectivity index (χ1n) is 12.8. The molecule has 2 aliphatic carbocycles. The van der Waals surface area contributed by atoms with E-state index < -0.39 is 51.1 Å². The molecule has 1 heterocycles. The summed E-state index contributed by atoms with van der Waals surface area (Å²) in [6.07, 6.45) is -1.39. The third-order valence-electron chi connectivity index (χ3n) is 8.43. The molecule has 1 fully saturated rings. The number of fused-ring (bicyclic) bond motifs is 2. The number of carbonyl (C=O) groups excluding carboxylic acids is 4. The summed E-state index contributed by atoms with van der Waals surface area (Å²) in [4.78, 5) is 69.2. The molecule has 41 heavy (non-hydrogen) atoms. The molecule has 200 valence electrons. The smallest absolute Gasteiger partial charge is 0.269 e. The average molecular weight is 564 g/mol. The molecule has 3 aliphatic rings. The molecule has 0 unspecified atom stereocenters. The van der Waals surface area contributed by atoms with Gasteiger partial charge < -0.3 is 4.74 Å². The van der Waals surface area contributed by atoms with Crippen molar-refractivity contribution in [2.75, 3.05) is 0 Å². The van der Waals surface area contributed by atoms with E-state index in [0.717, 1.165) is 0 Å². The second-order valence-corrected chi connectivity index (χ2v) is 10.8. The van der Waals surface area contributed by atoms with E-state index in [2.05, 4.69) is 0 Å². The normalized spacial score (nSPS) is 21.5. The number of rotatable bonds is 3. The lowest BCUT2D eigenvalue weighted by molar-refractivity contribution is -0.384. The van der Waals surface area contributed by atoms with Crippen molar-refractivity contribution in [1.82, 2.24) is 0 Å². The fraction of sp³-hybridized carbons (Fsp3) is 0.125. The van der Waals surface area contributed by atoms with Crippen molar-refractivity contribution >= 4 is 40.4 Å². The SMILES string of the molecule is O=C1c2ccccc2C(=O)C12O[C@@H](c1ccc(Cl)cc1)C1(C(=O)c3ccccc3C1=O)[C@H]2c1cccc([N+](=O)[O-])c1. The van der Waals surface area contributed by atoms with Gasteiger partial charge in [0.1, 0.15) is 11.5 Å². The lowest BCUT2D eigenvalue weighted by Gasteiger charge is -2.34. The Morgan fingerprint density at radius 1 is 0.659 bits per heavy atom. The van der Waals surface area contributed by atoms with Crippen LogP contribution in [0.15, 0.2) is 97.1 Å². The standard InChI is InChI=1S/C32H18ClNO7/c33-19-14-12-17(13-15-19)30-31(26(35)21-8-1-2-9-22(21)27(31)36)25(18-6-5-7-20(16-18)34(39)40)32(41-30)28(37)23-10-3-4-11-24(23)29(32)38/h1-16,25,30H/t25-,30+/m1/s1. The predicted molar refractivity (Wildman–Crippen MR) is 146 cm³/mol. The quantitative estimate of drug-likeness (QED) is 0.171. The molecular formula is C32H18ClNO7. The topological polar surface area (TPSA) is 121 Å². The molecule has 2 spiro atoms. The maximum Gasteiger partial charge on any atom is 0.269 e. The van der Waals surface area contributed by atoms with Crippen LogP contribution in [0.3, 0.4) is 0 Å². The molecule has 0 bridgehead atoms. The molecule has 8 nitrogen and oxygen atoms in total. The van der Waals surface area contributed by atoms with Crippen LogP contribution in [0.5, 0.6) is 0 Å². The Kier molecular flexibility index (Phi) is 5.29. The largest absolute Gasteiger partial charge is 0.348 e. The van der Waals surface area contributed by atoms with Crippen molar-refractivity contribution < 1.29 is 28.8 Å². The number of carbonyl (C=O) groups is 4. The number of nitrogens with zero attached hydrogens (tertiary/aromatic N) is 1. The maximum absolute atomic E-state index is 14.6. The number of nitro benzene ring substituents is 1. The second kappa shape index (κ2) is 8.60. The van der Waals surface area contributed by atoms with Gasteiger partial charge >= 0.3 is 0 Å². The molecule has 0 saturated carbocycles. The highest BCUT2D eigenvalue weighted by atomic mass is 35.5. The summed E-state index contributed by atoms with van der Waals surface area (Å²) in [6, 6.07) is 24.1. The zero-order valence-corrected chi connectivity index (χ0v) is 21.8. The molecule has 2 atom stereocenters. The summed E-state index contributed by atoms with van der Waals surface area (Å²) in [5.41, 5.74) is -3.89. The lowest BCUT2D eigenvalue weighted by Crippen LogP contribution is -2.51. The number of nitro groups is 1. The van der Waals surface area contributed by atoms with Gasteiger partial charge in [-0.15, -0.1) is 0 Å². The minimum atomic E-state index is -2.34. The van der Waals surface area contributed by atoms with Gasteiger partial charge in [0.2, 0.25) is 17.2 Å². The van der Waals surface area contributed by atoms with Gasteiger partial charge in [-0.3, -0.25) is 29.3 Å². The minimum absolute atomic E-state index is 0.0928. The molecule has 0 N–H and O–H groups in total. The van der Waals surface area contributed by atoms with Crippen molar-refractivity contribution in [2.45, 2.75) is 17.6 Å². The van der Waals surface area contributed by atoms with E-state index in [1.165, 1.54) is 48.5 Å². The molecule has 0 radical (unpaired) electrons. The van der Waals surface area contributed by atoms with Crippen LogP contribution < -0.4 is 0 Å². The minimum Gasteiger partial charge on any atom is -0.348 e. The number of halogens is 1. The number of hydrogen-bond donors (Lipinski definition) is 0. The highest BCUT2D eigenvalue weighted by Crippen LogP contribution is 2.68. The first-order chi connectivity index (χ1) is 19.7. The Balaban J connectivity index is 1.60. The zero-order valence-electron chi connectivity index (χ0n) is 21.1. The summed E-state index contributed by atoms with van der Waals surface area (Å²) < 4.78 is 6.57. The number of benzene rings is 4. The van der Waals surface area contributed by atoms with Crippen LogP contribution in [-0.2, 0) is 4.74 Å². The van der Waals surface area contributed by atoms with Gasteiger partial charge in [0.25, 0.3) is 5.69 Å². The van der Waals surface area contributed by atoms with Gasteiger partial charge in [-0.1, -0.05) is 84.4 Å². The Bertz CT molecular complexity index is 1790. The van der Waals surface area contributed by atoms with Crippen molar-refractivity contribution in [3.8, 4) is 0 Å². The Hall–Kier alpha value is -4.79. The summed E-state index contributed by atoms with van der Waals surface area (Å²) >= 11 is 6.15. The molecule has 7 rings (SSSR count). The fourth-order valence-corrected chi connectivity index (χ4v) is 6.91. The van der Waals surface area contributed by atoms with Crippen molar-refractivity contribution in [3.05, 3.63) is 146 Å². The van der Waals surface area contributed by atoms with Crippen LogP contribution in [0.4, 0.5) is 5.69 Å². The monoisotopic (exact) mass is 563 g/mol. The molecule has 0 aromatic heterocycles. The highest BCUT2D eigenvalue weighted by Gasteiger charge is 2.79. The van der Waals surface area contributed by atoms with E-state index in [4.69, 9.17) is 16.3 Å². The zero-order chi connectivity index (χ0) is 28.7. The van der Waals surface area contributed by atoms with Gasteiger partial charge in [-0.2, -0.15) is 0 Å². The van der Waals surface area contributed by atoms with Crippen LogP contribution >= 0.6 is 11.6 Å². The van der Waals surface area contributed by atoms with Crippen LogP contribution in [0, 0.1) is 15.5 Å². The summed E-state index contributed by atoms with van der Waals surface area (Å²) in [5.74, 6) is -4.18. The van der Waals surface area contributed by atoms with E-state index in [1.54, 1.807) is 48.5 Å². The van der Waals surface area contributed by atoms with E-state index in [-0.39, 0.29) is 33.5 Å². The van der Waals surface area contributed by atoms with Gasteiger partial charge in [-0.05, 0) is 23.3 Å². The summed E-state index contributed by atoms with van der Waals surface area (Å²) in [6.45, 7) is 0. The molecule has 1 aliphatic heterocycles. The number of ether oxygens (including phenoxy) is 1. The van der Waals surface area contributed by atoms with Gasteiger partial charge in [0.15, 0.2) is 11.6 Å². The van der Waals surface area contributed by atoms with E-state index in [1.807, 2.05) is 0 Å².